The van der Waals surface area contributed by atoms with Gasteiger partial charge in [-0.25, -0.2) is 0 Å². The second-order valence-corrected chi connectivity index (χ2v) is 4.07. The van der Waals surface area contributed by atoms with E-state index in [9.17, 15) is 0 Å². The van der Waals surface area contributed by atoms with Crippen molar-refractivity contribution in [3.63, 3.8) is 0 Å². The molecule has 0 aromatic carbocycles. The van der Waals surface area contributed by atoms with Gasteiger partial charge in [0.15, 0.2) is 0 Å². The Labute approximate surface area is 77.5 Å². The summed E-state index contributed by atoms with van der Waals surface area (Å²) in [4.78, 5) is 2.23. The van der Waals surface area contributed by atoms with Crippen molar-refractivity contribution >= 4 is 0 Å². The Bertz CT molecular complexity index is 125. The summed E-state index contributed by atoms with van der Waals surface area (Å²) >= 11 is 0. The van der Waals surface area contributed by atoms with Gasteiger partial charge in [-0.1, -0.05) is 26.0 Å². The van der Waals surface area contributed by atoms with E-state index in [1.165, 1.54) is 31.4 Å². The normalized spacial score (nSPS) is 11.2. The van der Waals surface area contributed by atoms with Gasteiger partial charge in [-0.3, -0.25) is 0 Å². The minimum Gasteiger partial charge on any atom is -0.309 e. The molecule has 1 heteroatoms. The fourth-order valence-electron chi connectivity index (χ4n) is 1.07. The molecule has 0 bridgehead atoms. The number of allylic oxidation sites excluding steroid dienone is 1. The van der Waals surface area contributed by atoms with Crippen molar-refractivity contribution in [3.05, 3.63) is 12.2 Å². The summed E-state index contributed by atoms with van der Waals surface area (Å²) in [5.41, 5.74) is 1.40. The van der Waals surface area contributed by atoms with Gasteiger partial charge in [-0.05, 0) is 45.8 Å². The smallest absolute Gasteiger partial charge is 0.00247 e. The molecule has 0 spiro atoms. The summed E-state index contributed by atoms with van der Waals surface area (Å²) in [6.07, 6.45) is 3.78. The summed E-state index contributed by atoms with van der Waals surface area (Å²) in [6, 6.07) is 0. The molecule has 0 N–H and O–H groups in total. The molecule has 0 aliphatic heterocycles. The Morgan fingerprint density at radius 3 is 2.25 bits per heavy atom. The third-order valence-corrected chi connectivity index (χ3v) is 2.17. The van der Waals surface area contributed by atoms with Crippen LogP contribution in [0.1, 0.15) is 33.1 Å². The maximum absolute atomic E-state index is 4.06. The van der Waals surface area contributed by atoms with Crippen molar-refractivity contribution in [1.82, 2.24) is 4.90 Å². The number of rotatable bonds is 6. The molecule has 0 aliphatic carbocycles. The average molecular weight is 169 g/mol. The van der Waals surface area contributed by atoms with Crippen molar-refractivity contribution in [2.24, 2.45) is 5.92 Å². The Kier molecular flexibility index (Phi) is 6.09. The molecule has 0 aromatic heterocycles. The first-order valence-electron chi connectivity index (χ1n) is 4.86. The zero-order valence-corrected chi connectivity index (χ0v) is 9.06. The largest absolute Gasteiger partial charge is 0.309 e. The van der Waals surface area contributed by atoms with Gasteiger partial charge in [0.05, 0.1) is 0 Å². The predicted octanol–water partition coefficient (Wildman–Crippen LogP) is 2.93. The standard InChI is InChI=1S/C11H23N/c1-10(2)11(3)8-6-7-9-12(4)5/h10H,3,6-9H2,1-2,4-5H3. The van der Waals surface area contributed by atoms with E-state index in [4.69, 9.17) is 0 Å². The molecule has 0 heterocycles. The number of hydrogen-bond donors (Lipinski definition) is 0. The van der Waals surface area contributed by atoms with Crippen LogP contribution in [-0.4, -0.2) is 25.5 Å². The number of unbranched alkanes of at least 4 members (excludes halogenated alkanes) is 1. The zero-order valence-electron chi connectivity index (χ0n) is 9.06. The summed E-state index contributed by atoms with van der Waals surface area (Å²) in [6.45, 7) is 9.69. The molecule has 12 heavy (non-hydrogen) atoms. The monoisotopic (exact) mass is 169 g/mol. The maximum Gasteiger partial charge on any atom is -0.00247 e. The lowest BCUT2D eigenvalue weighted by molar-refractivity contribution is 0.393. The lowest BCUT2D eigenvalue weighted by Crippen LogP contribution is -2.12. The quantitative estimate of drug-likeness (QED) is 0.436. The fourth-order valence-corrected chi connectivity index (χ4v) is 1.07. The van der Waals surface area contributed by atoms with Gasteiger partial charge in [-0.2, -0.15) is 0 Å². The Balaban J connectivity index is 3.26. The Morgan fingerprint density at radius 2 is 1.83 bits per heavy atom. The molecule has 0 unspecified atom stereocenters. The molecule has 0 amide bonds. The van der Waals surface area contributed by atoms with Crippen LogP contribution in [0.25, 0.3) is 0 Å². The molecule has 0 aliphatic rings. The first kappa shape index (κ1) is 11.7. The topological polar surface area (TPSA) is 3.24 Å². The van der Waals surface area contributed by atoms with Crippen molar-refractivity contribution in [3.8, 4) is 0 Å². The van der Waals surface area contributed by atoms with E-state index in [1.54, 1.807) is 0 Å². The first-order chi connectivity index (χ1) is 5.54. The van der Waals surface area contributed by atoms with Crippen LogP contribution >= 0.6 is 0 Å². The van der Waals surface area contributed by atoms with E-state index in [1.807, 2.05) is 0 Å². The minimum atomic E-state index is 0.657. The maximum atomic E-state index is 4.06. The zero-order chi connectivity index (χ0) is 9.56. The average Bonchev–Trinajstić information content (AvgIpc) is 1.97. The van der Waals surface area contributed by atoms with Gasteiger partial charge < -0.3 is 4.90 Å². The van der Waals surface area contributed by atoms with E-state index in [2.05, 4.69) is 39.4 Å². The molecule has 72 valence electrons. The third-order valence-electron chi connectivity index (χ3n) is 2.17. The molecule has 0 saturated carbocycles. The molecule has 0 saturated heterocycles. The Morgan fingerprint density at radius 1 is 1.25 bits per heavy atom. The minimum absolute atomic E-state index is 0.657. The highest BCUT2D eigenvalue weighted by Gasteiger charge is 1.99. The van der Waals surface area contributed by atoms with E-state index in [0.29, 0.717) is 5.92 Å². The van der Waals surface area contributed by atoms with Crippen LogP contribution in [0.2, 0.25) is 0 Å². The summed E-state index contributed by atoms with van der Waals surface area (Å²) < 4.78 is 0. The second kappa shape index (κ2) is 6.24. The van der Waals surface area contributed by atoms with Crippen molar-refractivity contribution in [2.45, 2.75) is 33.1 Å². The van der Waals surface area contributed by atoms with Gasteiger partial charge in [0, 0.05) is 0 Å². The summed E-state index contributed by atoms with van der Waals surface area (Å²) in [5.74, 6) is 0.657. The number of nitrogens with zero attached hydrogens (tertiary/aromatic N) is 1. The van der Waals surface area contributed by atoms with E-state index in [-0.39, 0.29) is 0 Å². The molecule has 0 rings (SSSR count). The highest BCUT2D eigenvalue weighted by Crippen LogP contribution is 2.14. The molecular weight excluding hydrogens is 146 g/mol. The molecule has 0 fully saturated rings. The second-order valence-electron chi connectivity index (χ2n) is 4.07. The van der Waals surface area contributed by atoms with Crippen LogP contribution in [0, 0.1) is 5.92 Å². The lowest BCUT2D eigenvalue weighted by Gasteiger charge is -2.11. The van der Waals surface area contributed by atoms with Crippen LogP contribution < -0.4 is 0 Å². The lowest BCUT2D eigenvalue weighted by atomic mass is 9.99. The third kappa shape index (κ3) is 6.41. The van der Waals surface area contributed by atoms with Crippen molar-refractivity contribution in [2.75, 3.05) is 20.6 Å². The van der Waals surface area contributed by atoms with E-state index < -0.39 is 0 Å². The van der Waals surface area contributed by atoms with Crippen molar-refractivity contribution in [1.29, 1.82) is 0 Å². The van der Waals surface area contributed by atoms with Crippen LogP contribution in [0.3, 0.4) is 0 Å². The molecule has 0 atom stereocenters. The number of hydrogen-bond acceptors (Lipinski definition) is 1. The fraction of sp³-hybridized carbons (Fsp3) is 0.818. The van der Waals surface area contributed by atoms with Crippen LogP contribution in [0.5, 0.6) is 0 Å². The highest BCUT2D eigenvalue weighted by atomic mass is 15.0. The predicted molar refractivity (Wildman–Crippen MR) is 56.4 cm³/mol. The van der Waals surface area contributed by atoms with Crippen molar-refractivity contribution < 1.29 is 0 Å². The van der Waals surface area contributed by atoms with Crippen LogP contribution in [0.15, 0.2) is 12.2 Å². The van der Waals surface area contributed by atoms with E-state index in [0.717, 1.165) is 0 Å². The molecule has 0 aromatic rings. The van der Waals surface area contributed by atoms with Gasteiger partial charge >= 0.3 is 0 Å². The summed E-state index contributed by atoms with van der Waals surface area (Å²) in [5, 5.41) is 0. The van der Waals surface area contributed by atoms with Crippen LogP contribution in [-0.2, 0) is 0 Å². The summed E-state index contributed by atoms with van der Waals surface area (Å²) in [7, 11) is 4.24. The molecule has 1 nitrogen and oxygen atoms in total. The SMILES string of the molecule is C=C(CCCCN(C)C)C(C)C. The molecule has 0 radical (unpaired) electrons. The van der Waals surface area contributed by atoms with Gasteiger partial charge in [-0.15, -0.1) is 0 Å². The first-order valence-corrected chi connectivity index (χ1v) is 4.86. The van der Waals surface area contributed by atoms with E-state index >= 15 is 0 Å². The highest BCUT2D eigenvalue weighted by molar-refractivity contribution is 4.96. The van der Waals surface area contributed by atoms with Gasteiger partial charge in [0.1, 0.15) is 0 Å². The van der Waals surface area contributed by atoms with Gasteiger partial charge in [0.25, 0.3) is 0 Å². The van der Waals surface area contributed by atoms with Gasteiger partial charge in [0.2, 0.25) is 0 Å². The molecular formula is C11H23N. The van der Waals surface area contributed by atoms with Crippen LogP contribution in [0.4, 0.5) is 0 Å². The Hall–Kier alpha value is -0.300.